The van der Waals surface area contributed by atoms with Crippen LogP contribution in [0.3, 0.4) is 0 Å². The molecule has 0 radical (unpaired) electrons. The Bertz CT molecular complexity index is 899. The zero-order chi connectivity index (χ0) is 19.4. The Labute approximate surface area is 166 Å². The Balaban J connectivity index is 1.73. The maximum Gasteiger partial charge on any atom is 0.295 e. The summed E-state index contributed by atoms with van der Waals surface area (Å²) in [5, 5.41) is 3.33. The molecule has 1 heterocycles. The van der Waals surface area contributed by atoms with Gasteiger partial charge in [-0.1, -0.05) is 17.7 Å². The first-order chi connectivity index (χ1) is 13.0. The molecule has 0 atom stereocenters. The van der Waals surface area contributed by atoms with Crippen LogP contribution in [0, 0.1) is 0 Å². The molecule has 27 heavy (non-hydrogen) atoms. The van der Waals surface area contributed by atoms with Crippen molar-refractivity contribution >= 4 is 46.3 Å². The monoisotopic (exact) mass is 404 g/mol. The molecule has 0 aromatic heterocycles. The lowest BCUT2D eigenvalue weighted by molar-refractivity contribution is -0.122. The molecule has 8 heteroatoms. The predicted octanol–water partition coefficient (Wildman–Crippen LogP) is 4.46. The van der Waals surface area contributed by atoms with Crippen LogP contribution in [-0.2, 0) is 4.79 Å². The first kappa shape index (κ1) is 19.1. The van der Waals surface area contributed by atoms with E-state index in [4.69, 9.17) is 21.1 Å². The molecular formula is C19H17ClN2O4S. The van der Waals surface area contributed by atoms with Crippen molar-refractivity contribution in [2.75, 3.05) is 26.2 Å². The molecule has 2 aromatic carbocycles. The fourth-order valence-electron chi connectivity index (χ4n) is 2.47. The highest BCUT2D eigenvalue weighted by Crippen LogP contribution is 2.34. The first-order valence-electron chi connectivity index (χ1n) is 7.98. The van der Waals surface area contributed by atoms with Gasteiger partial charge in [0.15, 0.2) is 11.5 Å². The molecule has 1 aliphatic heterocycles. The average molecular weight is 405 g/mol. The number of rotatable bonds is 6. The van der Waals surface area contributed by atoms with E-state index in [1.807, 2.05) is 0 Å². The molecule has 0 bridgehead atoms. The minimum atomic E-state index is -0.346. The van der Waals surface area contributed by atoms with E-state index in [9.17, 15) is 9.59 Å². The highest BCUT2D eigenvalue weighted by Gasteiger charge is 2.34. The fourth-order valence-corrected chi connectivity index (χ4v) is 3.43. The minimum absolute atomic E-state index is 0.0789. The van der Waals surface area contributed by atoms with Gasteiger partial charge < -0.3 is 14.8 Å². The van der Waals surface area contributed by atoms with Gasteiger partial charge in [0.1, 0.15) is 0 Å². The van der Waals surface area contributed by atoms with Crippen molar-refractivity contribution in [3.63, 3.8) is 0 Å². The van der Waals surface area contributed by atoms with Crippen LogP contribution in [0.15, 0.2) is 47.4 Å². The Kier molecular flexibility index (Phi) is 5.93. The Hall–Kier alpha value is -2.64. The van der Waals surface area contributed by atoms with Crippen molar-refractivity contribution < 1.29 is 19.1 Å². The van der Waals surface area contributed by atoms with Crippen molar-refractivity contribution in [3.8, 4) is 11.5 Å². The van der Waals surface area contributed by atoms with Crippen molar-refractivity contribution in [3.05, 3.63) is 58.0 Å². The summed E-state index contributed by atoms with van der Waals surface area (Å²) in [6, 6.07) is 12.3. The van der Waals surface area contributed by atoms with Gasteiger partial charge in [-0.15, -0.1) is 0 Å². The summed E-state index contributed by atoms with van der Waals surface area (Å²) in [5.74, 6) is 0.797. The summed E-state index contributed by atoms with van der Waals surface area (Å²) in [4.78, 5) is 26.3. The molecular weight excluding hydrogens is 388 g/mol. The largest absolute Gasteiger partial charge is 0.493 e. The maximum atomic E-state index is 12.6. The summed E-state index contributed by atoms with van der Waals surface area (Å²) in [6.07, 6.45) is 1.66. The van der Waals surface area contributed by atoms with Gasteiger partial charge in [-0.25, -0.2) is 0 Å². The number of nitrogens with one attached hydrogen (secondary N) is 1. The minimum Gasteiger partial charge on any atom is -0.493 e. The third kappa shape index (κ3) is 4.37. The topological polar surface area (TPSA) is 67.9 Å². The van der Waals surface area contributed by atoms with Crippen molar-refractivity contribution in [1.82, 2.24) is 4.90 Å². The molecule has 1 saturated heterocycles. The molecule has 2 aromatic rings. The number of amides is 2. The quantitative estimate of drug-likeness (QED) is 0.717. The van der Waals surface area contributed by atoms with Crippen LogP contribution < -0.4 is 14.8 Å². The van der Waals surface area contributed by atoms with E-state index < -0.39 is 0 Å². The number of halogens is 1. The highest BCUT2D eigenvalue weighted by atomic mass is 35.5. The second kappa shape index (κ2) is 8.37. The summed E-state index contributed by atoms with van der Waals surface area (Å²) >= 11 is 6.75. The Morgan fingerprint density at radius 2 is 1.78 bits per heavy atom. The van der Waals surface area contributed by atoms with E-state index >= 15 is 0 Å². The lowest BCUT2D eigenvalue weighted by atomic mass is 10.2. The number of methoxy groups -OCH3 is 2. The second-order valence-electron chi connectivity index (χ2n) is 5.57. The molecule has 140 valence electrons. The van der Waals surface area contributed by atoms with Gasteiger partial charge in [-0.2, -0.15) is 0 Å². The first-order valence-corrected chi connectivity index (χ1v) is 9.18. The molecule has 0 unspecified atom stereocenters. The van der Waals surface area contributed by atoms with Crippen LogP contribution in [-0.4, -0.2) is 36.9 Å². The van der Waals surface area contributed by atoms with Gasteiger partial charge >= 0.3 is 0 Å². The number of hydrogen-bond acceptors (Lipinski definition) is 6. The molecule has 1 fully saturated rings. The van der Waals surface area contributed by atoms with Crippen molar-refractivity contribution in [2.24, 2.45) is 0 Å². The molecule has 2 amide bonds. The van der Waals surface area contributed by atoms with Crippen LogP contribution in [0.2, 0.25) is 5.02 Å². The van der Waals surface area contributed by atoms with E-state index in [2.05, 4.69) is 5.32 Å². The van der Waals surface area contributed by atoms with Gasteiger partial charge in [0.25, 0.3) is 11.1 Å². The number of benzene rings is 2. The number of ether oxygens (including phenoxy) is 2. The smallest absolute Gasteiger partial charge is 0.295 e. The van der Waals surface area contributed by atoms with Crippen LogP contribution in [0.5, 0.6) is 11.5 Å². The van der Waals surface area contributed by atoms with Crippen LogP contribution in [0.25, 0.3) is 6.08 Å². The summed E-state index contributed by atoms with van der Waals surface area (Å²) in [7, 11) is 3.09. The SMILES string of the molecule is COc1ccc(/C=C2/SC(=O)N(CNc3ccc(Cl)cc3)C2=O)cc1OC. The maximum absolute atomic E-state index is 12.6. The zero-order valence-electron chi connectivity index (χ0n) is 14.7. The third-order valence-electron chi connectivity index (χ3n) is 3.86. The lowest BCUT2D eigenvalue weighted by Gasteiger charge is -2.14. The summed E-state index contributed by atoms with van der Waals surface area (Å²) < 4.78 is 10.5. The normalized spacial score (nSPS) is 15.4. The average Bonchev–Trinajstić information content (AvgIpc) is 2.94. The van der Waals surface area contributed by atoms with Crippen LogP contribution in [0.4, 0.5) is 10.5 Å². The standard InChI is InChI=1S/C19H17ClN2O4S/c1-25-15-8-3-12(9-16(15)26-2)10-17-18(23)22(19(24)27-17)11-21-14-6-4-13(20)5-7-14/h3-10,21H,11H2,1-2H3/b17-10+. The highest BCUT2D eigenvalue weighted by molar-refractivity contribution is 8.18. The Morgan fingerprint density at radius 1 is 1.07 bits per heavy atom. The van der Waals surface area contributed by atoms with Gasteiger partial charge in [-0.05, 0) is 59.8 Å². The molecule has 6 nitrogen and oxygen atoms in total. The number of anilines is 1. The molecule has 0 spiro atoms. The number of hydrogen-bond donors (Lipinski definition) is 1. The Morgan fingerprint density at radius 3 is 2.44 bits per heavy atom. The molecule has 0 saturated carbocycles. The number of carbonyl (C=O) groups is 2. The number of thioether (sulfide) groups is 1. The molecule has 1 N–H and O–H groups in total. The number of nitrogens with zero attached hydrogens (tertiary/aromatic N) is 1. The van der Waals surface area contributed by atoms with Crippen molar-refractivity contribution in [2.45, 2.75) is 0 Å². The number of imide groups is 1. The molecule has 0 aliphatic carbocycles. The van der Waals surface area contributed by atoms with Gasteiger partial charge in [0.05, 0.1) is 25.8 Å². The van der Waals surface area contributed by atoms with E-state index in [0.717, 1.165) is 27.9 Å². The third-order valence-corrected chi connectivity index (χ3v) is 5.02. The van der Waals surface area contributed by atoms with E-state index in [1.165, 1.54) is 7.11 Å². The van der Waals surface area contributed by atoms with E-state index in [0.29, 0.717) is 21.4 Å². The van der Waals surface area contributed by atoms with Gasteiger partial charge in [0, 0.05) is 10.7 Å². The van der Waals surface area contributed by atoms with E-state index in [-0.39, 0.29) is 17.8 Å². The van der Waals surface area contributed by atoms with Crippen molar-refractivity contribution in [1.29, 1.82) is 0 Å². The fraction of sp³-hybridized carbons (Fsp3) is 0.158. The second-order valence-corrected chi connectivity index (χ2v) is 7.00. The van der Waals surface area contributed by atoms with Crippen LogP contribution in [0.1, 0.15) is 5.56 Å². The van der Waals surface area contributed by atoms with E-state index in [1.54, 1.807) is 55.7 Å². The zero-order valence-corrected chi connectivity index (χ0v) is 16.3. The number of carbonyl (C=O) groups excluding carboxylic acids is 2. The lowest BCUT2D eigenvalue weighted by Crippen LogP contribution is -2.33. The summed E-state index contributed by atoms with van der Waals surface area (Å²) in [5.41, 5.74) is 1.51. The van der Waals surface area contributed by atoms with Gasteiger partial charge in [0.2, 0.25) is 0 Å². The van der Waals surface area contributed by atoms with Gasteiger partial charge in [-0.3, -0.25) is 14.5 Å². The molecule has 3 rings (SSSR count). The molecule has 1 aliphatic rings. The van der Waals surface area contributed by atoms with Crippen LogP contribution >= 0.6 is 23.4 Å². The predicted molar refractivity (Wildman–Crippen MR) is 107 cm³/mol. The summed E-state index contributed by atoms with van der Waals surface area (Å²) in [6.45, 7) is 0.0789.